The number of anilines is 1. The number of para-hydroxylation sites is 1. The molecule has 0 unspecified atom stereocenters. The molecule has 0 aliphatic carbocycles. The quantitative estimate of drug-likeness (QED) is 0.763. The van der Waals surface area contributed by atoms with Crippen LogP contribution in [-0.2, 0) is 9.59 Å². The van der Waals surface area contributed by atoms with Gasteiger partial charge in [0.25, 0.3) is 5.91 Å². The highest BCUT2D eigenvalue weighted by Crippen LogP contribution is 2.20. The summed E-state index contributed by atoms with van der Waals surface area (Å²) in [6, 6.07) is 13.0. The molecule has 2 aromatic carbocycles. The lowest BCUT2D eigenvalue weighted by atomic mass is 10.1. The number of piperazine rings is 1. The van der Waals surface area contributed by atoms with Gasteiger partial charge in [-0.1, -0.05) is 35.9 Å². The normalized spacial score (nSPS) is 15.5. The Bertz CT molecular complexity index is 890. The van der Waals surface area contributed by atoms with Gasteiger partial charge in [-0.3, -0.25) is 14.5 Å². The van der Waals surface area contributed by atoms with Gasteiger partial charge in [0.1, 0.15) is 5.75 Å². The zero-order valence-electron chi connectivity index (χ0n) is 17.7. The van der Waals surface area contributed by atoms with Gasteiger partial charge in [0, 0.05) is 36.9 Å². The van der Waals surface area contributed by atoms with Crippen molar-refractivity contribution >= 4 is 29.1 Å². The summed E-state index contributed by atoms with van der Waals surface area (Å²) in [5.74, 6) is 0.476. The molecule has 1 fully saturated rings. The molecule has 1 aliphatic rings. The summed E-state index contributed by atoms with van der Waals surface area (Å²) in [4.78, 5) is 29.0. The molecule has 0 aromatic heterocycles. The minimum absolute atomic E-state index is 0.0372. The summed E-state index contributed by atoms with van der Waals surface area (Å²) in [6.45, 7) is 8.46. The van der Waals surface area contributed by atoms with Crippen molar-refractivity contribution < 1.29 is 14.3 Å². The third-order valence-corrected chi connectivity index (χ3v) is 5.49. The third kappa shape index (κ3) is 5.74. The molecule has 1 N–H and O–H groups in total. The number of rotatable bonds is 6. The molecule has 7 heteroatoms. The molecule has 1 heterocycles. The molecule has 0 spiro atoms. The summed E-state index contributed by atoms with van der Waals surface area (Å²) in [7, 11) is 0. The van der Waals surface area contributed by atoms with Gasteiger partial charge in [0.2, 0.25) is 5.91 Å². The number of amides is 2. The second-order valence-electron chi connectivity index (χ2n) is 7.63. The number of aryl methyl sites for hydroxylation is 2. The number of ether oxygens (including phenoxy) is 1. The fourth-order valence-corrected chi connectivity index (χ4v) is 3.75. The molecular weight excluding hydrogens is 402 g/mol. The molecule has 30 heavy (non-hydrogen) atoms. The first-order valence-electron chi connectivity index (χ1n) is 10.1. The third-order valence-electron chi connectivity index (χ3n) is 5.25. The van der Waals surface area contributed by atoms with E-state index in [1.165, 1.54) is 0 Å². The standard InChI is InChI=1S/C23H28ClN3O3/c1-16-6-4-7-17(2)22(16)25-21(28)15-26-10-12-27(13-11-26)23(29)18(3)30-20-9-5-8-19(24)14-20/h4-9,14,18H,10-13,15H2,1-3H3,(H,25,28)/t18-/m0/s1. The summed E-state index contributed by atoms with van der Waals surface area (Å²) < 4.78 is 5.74. The van der Waals surface area contributed by atoms with Gasteiger partial charge in [0.15, 0.2) is 6.10 Å². The van der Waals surface area contributed by atoms with E-state index in [0.29, 0.717) is 43.5 Å². The average molecular weight is 430 g/mol. The van der Waals surface area contributed by atoms with Crippen LogP contribution in [0.2, 0.25) is 5.02 Å². The number of carbonyl (C=O) groups excluding carboxylic acids is 2. The highest BCUT2D eigenvalue weighted by Gasteiger charge is 2.27. The summed E-state index contributed by atoms with van der Waals surface area (Å²) in [5.41, 5.74) is 2.98. The van der Waals surface area contributed by atoms with Crippen molar-refractivity contribution in [3.8, 4) is 5.75 Å². The Morgan fingerprint density at radius 1 is 1.07 bits per heavy atom. The monoisotopic (exact) mass is 429 g/mol. The molecule has 0 bridgehead atoms. The van der Waals surface area contributed by atoms with Gasteiger partial charge in [-0.05, 0) is 50.1 Å². The Morgan fingerprint density at radius 3 is 2.33 bits per heavy atom. The smallest absolute Gasteiger partial charge is 0.263 e. The minimum atomic E-state index is -0.595. The van der Waals surface area contributed by atoms with Crippen molar-refractivity contribution in [1.29, 1.82) is 0 Å². The molecule has 6 nitrogen and oxygen atoms in total. The van der Waals surface area contributed by atoms with Crippen LogP contribution < -0.4 is 10.1 Å². The summed E-state index contributed by atoms with van der Waals surface area (Å²) in [5, 5.41) is 3.59. The lowest BCUT2D eigenvalue weighted by molar-refractivity contribution is -0.139. The number of carbonyl (C=O) groups is 2. The maximum Gasteiger partial charge on any atom is 0.263 e. The van der Waals surface area contributed by atoms with Crippen LogP contribution in [0.1, 0.15) is 18.1 Å². The Labute approximate surface area is 182 Å². The Balaban J connectivity index is 1.47. The molecule has 2 aromatic rings. The molecule has 0 saturated carbocycles. The van der Waals surface area contributed by atoms with Crippen LogP contribution in [0.5, 0.6) is 5.75 Å². The second kappa shape index (κ2) is 9.96. The van der Waals surface area contributed by atoms with Crippen molar-refractivity contribution in [3.63, 3.8) is 0 Å². The van der Waals surface area contributed by atoms with E-state index >= 15 is 0 Å². The first-order valence-corrected chi connectivity index (χ1v) is 10.5. The van der Waals surface area contributed by atoms with Crippen LogP contribution in [0, 0.1) is 13.8 Å². The molecule has 1 atom stereocenters. The number of nitrogens with one attached hydrogen (secondary N) is 1. The van der Waals surface area contributed by atoms with Gasteiger partial charge in [-0.15, -0.1) is 0 Å². The number of hydrogen-bond acceptors (Lipinski definition) is 4. The van der Waals surface area contributed by atoms with Crippen molar-refractivity contribution in [2.45, 2.75) is 26.9 Å². The average Bonchev–Trinajstić information content (AvgIpc) is 2.71. The number of halogens is 1. The van der Waals surface area contributed by atoms with E-state index in [4.69, 9.17) is 16.3 Å². The highest BCUT2D eigenvalue weighted by atomic mass is 35.5. The summed E-state index contributed by atoms with van der Waals surface area (Å²) >= 11 is 5.97. The molecule has 1 saturated heterocycles. The fourth-order valence-electron chi connectivity index (χ4n) is 3.57. The van der Waals surface area contributed by atoms with E-state index < -0.39 is 6.10 Å². The van der Waals surface area contributed by atoms with Gasteiger partial charge < -0.3 is 15.0 Å². The lowest BCUT2D eigenvalue weighted by Gasteiger charge is -2.35. The van der Waals surface area contributed by atoms with Crippen molar-refractivity contribution in [2.24, 2.45) is 0 Å². The van der Waals surface area contributed by atoms with Crippen molar-refractivity contribution in [1.82, 2.24) is 9.80 Å². The Hall–Kier alpha value is -2.57. The topological polar surface area (TPSA) is 61.9 Å². The maximum atomic E-state index is 12.7. The first-order chi connectivity index (χ1) is 14.3. The Kier molecular flexibility index (Phi) is 7.34. The fraction of sp³-hybridized carbons (Fsp3) is 0.391. The van der Waals surface area contributed by atoms with Crippen molar-refractivity contribution in [2.75, 3.05) is 38.0 Å². The predicted molar refractivity (Wildman–Crippen MR) is 119 cm³/mol. The molecule has 0 radical (unpaired) electrons. The van der Waals surface area contributed by atoms with E-state index in [-0.39, 0.29) is 11.8 Å². The van der Waals surface area contributed by atoms with E-state index in [9.17, 15) is 9.59 Å². The second-order valence-corrected chi connectivity index (χ2v) is 8.07. The van der Waals surface area contributed by atoms with E-state index in [1.807, 2.05) is 32.0 Å². The van der Waals surface area contributed by atoms with E-state index in [0.717, 1.165) is 16.8 Å². The van der Waals surface area contributed by atoms with Gasteiger partial charge >= 0.3 is 0 Å². The van der Waals surface area contributed by atoms with Crippen LogP contribution in [0.3, 0.4) is 0 Å². The van der Waals surface area contributed by atoms with Crippen LogP contribution in [-0.4, -0.2) is 60.4 Å². The molecule has 160 valence electrons. The van der Waals surface area contributed by atoms with Crippen molar-refractivity contribution in [3.05, 3.63) is 58.6 Å². The van der Waals surface area contributed by atoms with Crippen LogP contribution in [0.25, 0.3) is 0 Å². The number of benzene rings is 2. The number of hydrogen-bond donors (Lipinski definition) is 1. The predicted octanol–water partition coefficient (Wildman–Crippen LogP) is 3.51. The molecular formula is C23H28ClN3O3. The minimum Gasteiger partial charge on any atom is -0.481 e. The van der Waals surface area contributed by atoms with Gasteiger partial charge in [-0.2, -0.15) is 0 Å². The van der Waals surface area contributed by atoms with Gasteiger partial charge in [0.05, 0.1) is 6.54 Å². The van der Waals surface area contributed by atoms with Gasteiger partial charge in [-0.25, -0.2) is 0 Å². The maximum absolute atomic E-state index is 12.7. The number of nitrogens with zero attached hydrogens (tertiary/aromatic N) is 2. The molecule has 2 amide bonds. The SMILES string of the molecule is Cc1cccc(C)c1NC(=O)CN1CCN(C(=O)[C@H](C)Oc2cccc(Cl)c2)CC1. The highest BCUT2D eigenvalue weighted by molar-refractivity contribution is 6.30. The van der Waals surface area contributed by atoms with Crippen LogP contribution in [0.15, 0.2) is 42.5 Å². The lowest BCUT2D eigenvalue weighted by Crippen LogP contribution is -2.53. The zero-order chi connectivity index (χ0) is 21.7. The van der Waals surface area contributed by atoms with E-state index in [2.05, 4.69) is 10.2 Å². The van der Waals surface area contributed by atoms with Crippen LogP contribution in [0.4, 0.5) is 5.69 Å². The largest absolute Gasteiger partial charge is 0.481 e. The summed E-state index contributed by atoms with van der Waals surface area (Å²) in [6.07, 6.45) is -0.595. The Morgan fingerprint density at radius 2 is 1.70 bits per heavy atom. The zero-order valence-corrected chi connectivity index (χ0v) is 18.4. The van der Waals surface area contributed by atoms with Crippen LogP contribution >= 0.6 is 11.6 Å². The molecule has 1 aliphatic heterocycles. The van der Waals surface area contributed by atoms with E-state index in [1.54, 1.807) is 36.1 Å². The first kappa shape index (κ1) is 22.1. The molecule has 3 rings (SSSR count).